The number of methoxy groups -OCH3 is 1. The predicted molar refractivity (Wildman–Crippen MR) is 105 cm³/mol. The highest BCUT2D eigenvalue weighted by atomic mass is 16.5. The van der Waals surface area contributed by atoms with E-state index in [9.17, 15) is 9.90 Å². The fourth-order valence-corrected chi connectivity index (χ4v) is 3.93. The number of aliphatic hydroxyl groups is 1. The van der Waals surface area contributed by atoms with E-state index in [1.807, 2.05) is 54.6 Å². The maximum absolute atomic E-state index is 12.6. The summed E-state index contributed by atoms with van der Waals surface area (Å²) in [6.45, 7) is 0.408. The van der Waals surface area contributed by atoms with E-state index in [4.69, 9.17) is 9.47 Å². The Kier molecular flexibility index (Phi) is 6.88. The monoisotopic (exact) mass is 368 g/mol. The number of ether oxygens (including phenoxy) is 2. The van der Waals surface area contributed by atoms with Gasteiger partial charge in [0.15, 0.2) is 0 Å². The van der Waals surface area contributed by atoms with Crippen molar-refractivity contribution in [3.8, 4) is 5.75 Å². The van der Waals surface area contributed by atoms with Crippen LogP contribution in [0.5, 0.6) is 5.75 Å². The molecular formula is C23H28O4. The van der Waals surface area contributed by atoms with Crippen LogP contribution in [-0.2, 0) is 16.1 Å². The van der Waals surface area contributed by atoms with Gasteiger partial charge in [0.1, 0.15) is 18.3 Å². The van der Waals surface area contributed by atoms with E-state index in [2.05, 4.69) is 0 Å². The standard InChI is InChI=1S/C23H28O4/c1-26-23(25)21(22(24)18-12-6-3-7-13-18)19-14-8-9-15-20(19)27-16-17-10-4-2-5-11-17/h2,4-5,8-11,14-15,18,21-22,24H,3,6-7,12-13,16H2,1H3/t21-,22-/m1/s1. The molecule has 1 saturated carbocycles. The Labute approximate surface area is 161 Å². The van der Waals surface area contributed by atoms with Crippen molar-refractivity contribution in [2.24, 2.45) is 5.92 Å². The summed E-state index contributed by atoms with van der Waals surface area (Å²) in [6.07, 6.45) is 4.52. The molecule has 144 valence electrons. The number of rotatable bonds is 7. The minimum absolute atomic E-state index is 0.116. The molecular weight excluding hydrogens is 340 g/mol. The van der Waals surface area contributed by atoms with Gasteiger partial charge in [0, 0.05) is 5.56 Å². The molecule has 1 N–H and O–H groups in total. The van der Waals surface area contributed by atoms with Gasteiger partial charge in [-0.3, -0.25) is 4.79 Å². The molecule has 0 radical (unpaired) electrons. The fourth-order valence-electron chi connectivity index (χ4n) is 3.93. The number of hydrogen-bond donors (Lipinski definition) is 1. The van der Waals surface area contributed by atoms with Crippen molar-refractivity contribution in [3.63, 3.8) is 0 Å². The highest BCUT2D eigenvalue weighted by molar-refractivity contribution is 5.80. The van der Waals surface area contributed by atoms with Gasteiger partial charge >= 0.3 is 5.97 Å². The molecule has 3 rings (SSSR count). The minimum atomic E-state index is -0.765. The lowest BCUT2D eigenvalue weighted by Crippen LogP contribution is -2.34. The summed E-state index contributed by atoms with van der Waals surface area (Å²) in [5.41, 5.74) is 1.74. The zero-order chi connectivity index (χ0) is 19.1. The number of carbonyl (C=O) groups excluding carboxylic acids is 1. The second-order valence-electron chi connectivity index (χ2n) is 7.20. The van der Waals surface area contributed by atoms with Crippen molar-refractivity contribution >= 4 is 5.97 Å². The topological polar surface area (TPSA) is 55.8 Å². The Morgan fingerprint density at radius 1 is 1.04 bits per heavy atom. The molecule has 27 heavy (non-hydrogen) atoms. The number of carbonyl (C=O) groups is 1. The average Bonchev–Trinajstić information content (AvgIpc) is 2.74. The van der Waals surface area contributed by atoms with Crippen LogP contribution in [0.2, 0.25) is 0 Å². The van der Waals surface area contributed by atoms with Crippen LogP contribution in [-0.4, -0.2) is 24.3 Å². The molecule has 1 aliphatic carbocycles. The summed E-state index contributed by atoms with van der Waals surface area (Å²) in [4.78, 5) is 12.6. The van der Waals surface area contributed by atoms with Gasteiger partial charge in [-0.2, -0.15) is 0 Å². The van der Waals surface area contributed by atoms with Crippen molar-refractivity contribution in [1.82, 2.24) is 0 Å². The highest BCUT2D eigenvalue weighted by Gasteiger charge is 2.37. The normalized spacial score (nSPS) is 17.1. The van der Waals surface area contributed by atoms with E-state index in [0.29, 0.717) is 17.9 Å². The van der Waals surface area contributed by atoms with Crippen LogP contribution in [0.25, 0.3) is 0 Å². The van der Waals surface area contributed by atoms with Crippen molar-refractivity contribution in [1.29, 1.82) is 0 Å². The molecule has 2 aromatic rings. The molecule has 1 fully saturated rings. The van der Waals surface area contributed by atoms with Crippen LogP contribution in [0, 0.1) is 5.92 Å². The first-order chi connectivity index (χ1) is 13.2. The van der Waals surface area contributed by atoms with Crippen LogP contribution in [0.1, 0.15) is 49.1 Å². The van der Waals surface area contributed by atoms with E-state index in [1.165, 1.54) is 13.5 Å². The first kappa shape index (κ1) is 19.4. The highest BCUT2D eigenvalue weighted by Crippen LogP contribution is 2.37. The number of para-hydroxylation sites is 1. The summed E-state index contributed by atoms with van der Waals surface area (Å²) in [6, 6.07) is 17.3. The molecule has 0 aliphatic heterocycles. The van der Waals surface area contributed by atoms with Crippen LogP contribution < -0.4 is 4.74 Å². The predicted octanol–water partition coefficient (Wildman–Crippen LogP) is 4.46. The first-order valence-electron chi connectivity index (χ1n) is 9.72. The molecule has 1 aliphatic rings. The van der Waals surface area contributed by atoms with Gasteiger partial charge in [-0.25, -0.2) is 0 Å². The molecule has 4 heteroatoms. The maximum Gasteiger partial charge on any atom is 0.315 e. The van der Waals surface area contributed by atoms with E-state index in [0.717, 1.165) is 31.2 Å². The Morgan fingerprint density at radius 2 is 1.70 bits per heavy atom. The second-order valence-corrected chi connectivity index (χ2v) is 7.20. The lowest BCUT2D eigenvalue weighted by molar-refractivity contribution is -0.146. The third kappa shape index (κ3) is 4.89. The van der Waals surface area contributed by atoms with Crippen LogP contribution in [0.15, 0.2) is 54.6 Å². The van der Waals surface area contributed by atoms with E-state index in [1.54, 1.807) is 0 Å². The number of hydrogen-bond acceptors (Lipinski definition) is 4. The molecule has 0 heterocycles. The number of aliphatic hydroxyl groups excluding tert-OH is 1. The molecule has 0 spiro atoms. The van der Waals surface area contributed by atoms with E-state index < -0.39 is 18.0 Å². The van der Waals surface area contributed by atoms with Gasteiger partial charge in [0.25, 0.3) is 0 Å². The fraction of sp³-hybridized carbons (Fsp3) is 0.435. The van der Waals surface area contributed by atoms with Gasteiger partial charge in [0.2, 0.25) is 0 Å². The summed E-state index contributed by atoms with van der Waals surface area (Å²) in [5, 5.41) is 11.0. The summed E-state index contributed by atoms with van der Waals surface area (Å²) in [5.74, 6) is -0.412. The van der Waals surface area contributed by atoms with Crippen LogP contribution in [0.4, 0.5) is 0 Å². The molecule has 0 aromatic heterocycles. The summed E-state index contributed by atoms with van der Waals surface area (Å²) >= 11 is 0. The van der Waals surface area contributed by atoms with Crippen molar-refractivity contribution in [2.45, 2.75) is 50.7 Å². The lowest BCUT2D eigenvalue weighted by Gasteiger charge is -2.31. The average molecular weight is 368 g/mol. The Morgan fingerprint density at radius 3 is 2.41 bits per heavy atom. The van der Waals surface area contributed by atoms with Gasteiger partial charge in [0.05, 0.1) is 13.2 Å². The summed E-state index contributed by atoms with van der Waals surface area (Å²) in [7, 11) is 1.37. The third-order valence-electron chi connectivity index (χ3n) is 5.42. The second kappa shape index (κ2) is 9.56. The van der Waals surface area contributed by atoms with Crippen molar-refractivity contribution in [3.05, 3.63) is 65.7 Å². The molecule has 0 unspecified atom stereocenters. The Hall–Kier alpha value is -2.33. The molecule has 2 atom stereocenters. The van der Waals surface area contributed by atoms with Gasteiger partial charge < -0.3 is 14.6 Å². The number of esters is 1. The van der Waals surface area contributed by atoms with E-state index >= 15 is 0 Å². The zero-order valence-corrected chi connectivity index (χ0v) is 15.8. The smallest absolute Gasteiger partial charge is 0.315 e. The Balaban J connectivity index is 1.84. The van der Waals surface area contributed by atoms with Gasteiger partial charge in [-0.1, -0.05) is 67.8 Å². The molecule has 0 saturated heterocycles. The van der Waals surface area contributed by atoms with Crippen LogP contribution in [0.3, 0.4) is 0 Å². The zero-order valence-electron chi connectivity index (χ0n) is 15.8. The third-order valence-corrected chi connectivity index (χ3v) is 5.42. The quantitative estimate of drug-likeness (QED) is 0.733. The SMILES string of the molecule is COC(=O)[C@H](c1ccccc1OCc1ccccc1)[C@H](O)C1CCCCC1. The maximum atomic E-state index is 12.6. The molecule has 4 nitrogen and oxygen atoms in total. The number of benzene rings is 2. The van der Waals surface area contributed by atoms with E-state index in [-0.39, 0.29) is 5.92 Å². The van der Waals surface area contributed by atoms with Crippen LogP contribution >= 0.6 is 0 Å². The molecule has 2 aromatic carbocycles. The summed E-state index contributed by atoms with van der Waals surface area (Å²) < 4.78 is 11.1. The minimum Gasteiger partial charge on any atom is -0.489 e. The Bertz CT molecular complexity index is 722. The molecule has 0 bridgehead atoms. The largest absolute Gasteiger partial charge is 0.489 e. The lowest BCUT2D eigenvalue weighted by atomic mass is 9.78. The molecule has 0 amide bonds. The van der Waals surface area contributed by atoms with Crippen molar-refractivity contribution < 1.29 is 19.4 Å². The first-order valence-corrected chi connectivity index (χ1v) is 9.72. The van der Waals surface area contributed by atoms with Crippen molar-refractivity contribution in [2.75, 3.05) is 7.11 Å². The van der Waals surface area contributed by atoms with Gasteiger partial charge in [-0.15, -0.1) is 0 Å². The van der Waals surface area contributed by atoms with Gasteiger partial charge in [-0.05, 0) is 30.4 Å².